The molecule has 6 aromatic rings. The molecule has 148 valence electrons. The lowest BCUT2D eigenvalue weighted by Gasteiger charge is -2.07. The van der Waals surface area contributed by atoms with Gasteiger partial charge in [-0.1, -0.05) is 90.2 Å². The van der Waals surface area contributed by atoms with Crippen LogP contribution in [0.1, 0.15) is 17.0 Å². The molecule has 2 heterocycles. The number of hydrogen-bond donors (Lipinski definition) is 0. The number of nitrogens with zero attached hydrogens (tertiary/aromatic N) is 3. The third-order valence-electron chi connectivity index (χ3n) is 5.52. The lowest BCUT2D eigenvalue weighted by Crippen LogP contribution is -2.23. The highest BCUT2D eigenvalue weighted by Gasteiger charge is 2.12. The monoisotopic (exact) mass is 419 g/mol. The zero-order valence-corrected chi connectivity index (χ0v) is 17.3. The lowest BCUT2D eigenvalue weighted by atomic mass is 9.97. The third-order valence-corrected chi connectivity index (χ3v) is 6.48. The molecule has 4 nitrogen and oxygen atoms in total. The largest absolute Gasteiger partial charge is 0.291 e. The summed E-state index contributed by atoms with van der Waals surface area (Å²) in [7, 11) is 0. The molecule has 6 rings (SSSR count). The molecule has 0 radical (unpaired) electrons. The Bertz CT molecular complexity index is 1630. The van der Waals surface area contributed by atoms with E-state index in [1.165, 1.54) is 15.9 Å². The predicted molar refractivity (Wildman–Crippen MR) is 127 cm³/mol. The molecule has 0 fully saturated rings. The van der Waals surface area contributed by atoms with Crippen molar-refractivity contribution in [3.8, 4) is 0 Å². The van der Waals surface area contributed by atoms with E-state index in [0.29, 0.717) is 21.7 Å². The van der Waals surface area contributed by atoms with Crippen LogP contribution in [0.2, 0.25) is 0 Å². The normalized spacial score (nSPS) is 12.3. The van der Waals surface area contributed by atoms with Crippen molar-refractivity contribution in [3.63, 3.8) is 0 Å². The Morgan fingerprint density at radius 1 is 0.839 bits per heavy atom. The first kappa shape index (κ1) is 18.0. The van der Waals surface area contributed by atoms with E-state index in [9.17, 15) is 4.79 Å². The van der Waals surface area contributed by atoms with Crippen LogP contribution >= 0.6 is 11.3 Å². The summed E-state index contributed by atoms with van der Waals surface area (Å²) >= 11 is 1.39. The van der Waals surface area contributed by atoms with E-state index >= 15 is 0 Å². The van der Waals surface area contributed by atoms with Gasteiger partial charge < -0.3 is 0 Å². The Hall–Kier alpha value is -3.83. The minimum absolute atomic E-state index is 0.121. The van der Waals surface area contributed by atoms with E-state index in [1.54, 1.807) is 0 Å². The van der Waals surface area contributed by atoms with Gasteiger partial charge in [-0.05, 0) is 44.8 Å². The van der Waals surface area contributed by atoms with E-state index in [4.69, 9.17) is 0 Å². The van der Waals surface area contributed by atoms with Crippen LogP contribution in [-0.4, -0.2) is 14.6 Å². The van der Waals surface area contributed by atoms with Crippen LogP contribution in [0.3, 0.4) is 0 Å². The molecule has 0 aliphatic rings. The van der Waals surface area contributed by atoms with Crippen molar-refractivity contribution in [2.24, 2.45) is 0 Å². The zero-order chi connectivity index (χ0) is 20.8. The van der Waals surface area contributed by atoms with Crippen molar-refractivity contribution in [2.45, 2.75) is 6.42 Å². The molecular formula is C26H17N3OS. The van der Waals surface area contributed by atoms with Gasteiger partial charge in [0.25, 0.3) is 5.56 Å². The Labute approximate surface area is 181 Å². The highest BCUT2D eigenvalue weighted by Crippen LogP contribution is 2.29. The van der Waals surface area contributed by atoms with E-state index in [-0.39, 0.29) is 5.56 Å². The van der Waals surface area contributed by atoms with Gasteiger partial charge in [0.05, 0.1) is 4.53 Å². The van der Waals surface area contributed by atoms with Crippen LogP contribution in [0.15, 0.2) is 89.7 Å². The number of fused-ring (bicyclic) bond motifs is 3. The molecule has 4 aromatic carbocycles. The Balaban J connectivity index is 1.53. The summed E-state index contributed by atoms with van der Waals surface area (Å²) in [6.45, 7) is 0. The number of thiazole rings is 1. The molecule has 0 unspecified atom stereocenters. The second-order valence-electron chi connectivity index (χ2n) is 7.53. The Kier molecular flexibility index (Phi) is 4.14. The van der Waals surface area contributed by atoms with E-state index in [2.05, 4.69) is 40.4 Å². The van der Waals surface area contributed by atoms with E-state index in [0.717, 1.165) is 32.7 Å². The fourth-order valence-corrected chi connectivity index (χ4v) is 4.97. The van der Waals surface area contributed by atoms with Gasteiger partial charge in [0.1, 0.15) is 0 Å². The topological polar surface area (TPSA) is 47.3 Å². The first-order valence-electron chi connectivity index (χ1n) is 10.1. The fraction of sp³-hybridized carbons (Fsp3) is 0.0385. The summed E-state index contributed by atoms with van der Waals surface area (Å²) < 4.78 is 2.07. The van der Waals surface area contributed by atoms with Crippen molar-refractivity contribution in [1.82, 2.24) is 14.6 Å². The van der Waals surface area contributed by atoms with Gasteiger partial charge in [-0.15, -0.1) is 5.10 Å². The molecule has 0 N–H and O–H groups in total. The molecule has 0 aliphatic heterocycles. The maximum atomic E-state index is 13.1. The highest BCUT2D eigenvalue weighted by atomic mass is 32.1. The van der Waals surface area contributed by atoms with Gasteiger partial charge in [0.15, 0.2) is 5.82 Å². The van der Waals surface area contributed by atoms with Crippen LogP contribution in [0.5, 0.6) is 0 Å². The Morgan fingerprint density at radius 3 is 2.16 bits per heavy atom. The molecule has 0 amide bonds. The second kappa shape index (κ2) is 7.15. The van der Waals surface area contributed by atoms with Crippen LogP contribution < -0.4 is 10.1 Å². The summed E-state index contributed by atoms with van der Waals surface area (Å²) in [5.74, 6) is 0.664. The number of rotatable bonds is 3. The number of hydrogen-bond acceptors (Lipinski definition) is 4. The van der Waals surface area contributed by atoms with Gasteiger partial charge >= 0.3 is 0 Å². The van der Waals surface area contributed by atoms with Crippen molar-refractivity contribution in [3.05, 3.63) is 117 Å². The molecule has 31 heavy (non-hydrogen) atoms. The highest BCUT2D eigenvalue weighted by molar-refractivity contribution is 7.15. The standard InChI is InChI=1S/C26H17N3OS/c30-25-23(31-26-27-24(28-29(25)26)14-17-8-2-1-3-9-17)16-22-20-12-6-4-10-18(20)15-19-11-5-7-13-21(19)22/h1-13,15-16H,14H2/b23-16-. The van der Waals surface area contributed by atoms with Crippen LogP contribution in [0.4, 0.5) is 0 Å². The maximum Gasteiger partial charge on any atom is 0.291 e. The molecule has 0 saturated carbocycles. The summed E-state index contributed by atoms with van der Waals surface area (Å²) in [6, 6.07) is 28.8. The summed E-state index contributed by atoms with van der Waals surface area (Å²) in [5, 5.41) is 9.05. The third kappa shape index (κ3) is 3.10. The summed E-state index contributed by atoms with van der Waals surface area (Å²) in [5.41, 5.74) is 2.06. The van der Waals surface area contributed by atoms with Gasteiger partial charge in [-0.25, -0.2) is 4.98 Å². The van der Waals surface area contributed by atoms with Crippen LogP contribution in [0.25, 0.3) is 32.6 Å². The van der Waals surface area contributed by atoms with Gasteiger partial charge in [-0.2, -0.15) is 4.52 Å². The fourth-order valence-electron chi connectivity index (χ4n) is 4.06. The summed E-state index contributed by atoms with van der Waals surface area (Å²) in [4.78, 5) is 18.3. The number of benzene rings is 4. The molecule has 0 atom stereocenters. The van der Waals surface area contributed by atoms with Crippen molar-refractivity contribution in [2.75, 3.05) is 0 Å². The summed E-state index contributed by atoms with van der Waals surface area (Å²) in [6.07, 6.45) is 2.60. The molecule has 0 spiro atoms. The zero-order valence-electron chi connectivity index (χ0n) is 16.5. The van der Waals surface area contributed by atoms with Gasteiger partial charge in [-0.3, -0.25) is 4.79 Å². The average molecular weight is 420 g/mol. The molecule has 0 aliphatic carbocycles. The Morgan fingerprint density at radius 2 is 1.48 bits per heavy atom. The van der Waals surface area contributed by atoms with Crippen LogP contribution in [0, 0.1) is 0 Å². The van der Waals surface area contributed by atoms with E-state index in [1.807, 2.05) is 60.7 Å². The van der Waals surface area contributed by atoms with E-state index < -0.39 is 0 Å². The lowest BCUT2D eigenvalue weighted by molar-refractivity contribution is 0.879. The second-order valence-corrected chi connectivity index (χ2v) is 8.54. The van der Waals surface area contributed by atoms with Gasteiger partial charge in [0, 0.05) is 6.42 Å². The van der Waals surface area contributed by atoms with Gasteiger partial charge in [0.2, 0.25) is 4.96 Å². The quantitative estimate of drug-likeness (QED) is 0.394. The minimum atomic E-state index is -0.121. The smallest absolute Gasteiger partial charge is 0.266 e. The number of aromatic nitrogens is 3. The average Bonchev–Trinajstić information content (AvgIpc) is 3.32. The first-order chi connectivity index (χ1) is 15.3. The molecule has 0 bridgehead atoms. The maximum absolute atomic E-state index is 13.1. The predicted octanol–water partition coefficient (Wildman–Crippen LogP) is 4.60. The SMILES string of the molecule is O=c1/c(=C/c2c3ccccc3cc3ccccc23)sc2nc(Cc3ccccc3)nn12. The first-order valence-corrected chi connectivity index (χ1v) is 10.9. The van der Waals surface area contributed by atoms with Crippen molar-refractivity contribution in [1.29, 1.82) is 0 Å². The van der Waals surface area contributed by atoms with Crippen molar-refractivity contribution < 1.29 is 0 Å². The molecule has 0 saturated heterocycles. The molecule has 2 aromatic heterocycles. The van der Waals surface area contributed by atoms with Crippen LogP contribution in [-0.2, 0) is 6.42 Å². The van der Waals surface area contributed by atoms with Crippen molar-refractivity contribution >= 4 is 43.9 Å². The minimum Gasteiger partial charge on any atom is -0.266 e. The molecular weight excluding hydrogens is 402 g/mol. The molecule has 5 heteroatoms.